The Labute approximate surface area is 172 Å². The number of ketones is 1. The minimum Gasteiger partial charge on any atom is -0.497 e. The summed E-state index contributed by atoms with van der Waals surface area (Å²) in [6.07, 6.45) is -0.566. The number of hydrogen-bond donors (Lipinski definition) is 1. The van der Waals surface area contributed by atoms with Gasteiger partial charge in [-0.3, -0.25) is 14.6 Å². The summed E-state index contributed by atoms with van der Waals surface area (Å²) in [7, 11) is 1.68. The van der Waals surface area contributed by atoms with Gasteiger partial charge in [0.1, 0.15) is 24.2 Å². The lowest BCUT2D eigenvalue weighted by atomic mass is 10.1. The van der Waals surface area contributed by atoms with E-state index in [2.05, 4.69) is 21.9 Å². The van der Waals surface area contributed by atoms with E-state index in [0.717, 1.165) is 38.5 Å². The lowest BCUT2D eigenvalue weighted by Crippen LogP contribution is -2.48. The summed E-state index contributed by atoms with van der Waals surface area (Å²) in [4.78, 5) is 16.1. The molecule has 6 nitrogen and oxygen atoms in total. The summed E-state index contributed by atoms with van der Waals surface area (Å²) < 4.78 is 10.9. The summed E-state index contributed by atoms with van der Waals surface area (Å²) >= 11 is 0. The predicted octanol–water partition coefficient (Wildman–Crippen LogP) is 2.46. The monoisotopic (exact) mass is 398 g/mol. The van der Waals surface area contributed by atoms with E-state index in [-0.39, 0.29) is 12.4 Å². The second-order valence-electron chi connectivity index (χ2n) is 7.47. The minimum atomic E-state index is -0.566. The van der Waals surface area contributed by atoms with Gasteiger partial charge < -0.3 is 14.6 Å². The van der Waals surface area contributed by atoms with Crippen LogP contribution in [0.25, 0.3) is 0 Å². The molecule has 0 aliphatic carbocycles. The van der Waals surface area contributed by atoms with Crippen molar-refractivity contribution < 1.29 is 19.4 Å². The third-order valence-corrected chi connectivity index (χ3v) is 5.18. The molecule has 2 aromatic rings. The largest absolute Gasteiger partial charge is 0.497 e. The van der Waals surface area contributed by atoms with Crippen molar-refractivity contribution in [2.45, 2.75) is 19.6 Å². The topological polar surface area (TPSA) is 62.2 Å². The smallest absolute Gasteiger partial charge is 0.159 e. The highest BCUT2D eigenvalue weighted by molar-refractivity contribution is 5.94. The number of carbonyl (C=O) groups is 1. The Morgan fingerprint density at radius 3 is 2.38 bits per heavy atom. The second-order valence-corrected chi connectivity index (χ2v) is 7.47. The van der Waals surface area contributed by atoms with E-state index in [1.807, 2.05) is 12.1 Å². The lowest BCUT2D eigenvalue weighted by Gasteiger charge is -2.35. The first kappa shape index (κ1) is 21.3. The molecule has 0 saturated carbocycles. The van der Waals surface area contributed by atoms with Gasteiger partial charge in [0, 0.05) is 44.8 Å². The molecule has 6 heteroatoms. The van der Waals surface area contributed by atoms with Crippen molar-refractivity contribution in [1.29, 1.82) is 0 Å². The Hall–Kier alpha value is -2.41. The van der Waals surface area contributed by atoms with Crippen LogP contribution in [0.1, 0.15) is 22.8 Å². The van der Waals surface area contributed by atoms with Crippen LogP contribution in [0.3, 0.4) is 0 Å². The summed E-state index contributed by atoms with van der Waals surface area (Å²) in [6, 6.07) is 15.3. The molecule has 3 rings (SSSR count). The summed E-state index contributed by atoms with van der Waals surface area (Å²) in [5.74, 6) is 1.49. The van der Waals surface area contributed by atoms with Gasteiger partial charge in [0.25, 0.3) is 0 Å². The first-order valence-electron chi connectivity index (χ1n) is 10.0. The van der Waals surface area contributed by atoms with Gasteiger partial charge in [0.2, 0.25) is 0 Å². The second kappa shape index (κ2) is 10.4. The highest BCUT2D eigenvalue weighted by Crippen LogP contribution is 2.16. The van der Waals surface area contributed by atoms with E-state index in [1.165, 1.54) is 12.5 Å². The van der Waals surface area contributed by atoms with Crippen LogP contribution >= 0.6 is 0 Å². The molecule has 1 aliphatic rings. The maximum atomic E-state index is 11.4. The molecule has 1 heterocycles. The van der Waals surface area contributed by atoms with E-state index in [1.54, 1.807) is 31.4 Å². The average molecular weight is 399 g/mol. The van der Waals surface area contributed by atoms with Crippen LogP contribution in [0.4, 0.5) is 0 Å². The number of carbonyl (C=O) groups excluding carboxylic acids is 1. The minimum absolute atomic E-state index is 0.00325. The van der Waals surface area contributed by atoms with E-state index < -0.39 is 6.10 Å². The fourth-order valence-corrected chi connectivity index (χ4v) is 3.47. The van der Waals surface area contributed by atoms with Crippen LogP contribution < -0.4 is 9.47 Å². The molecule has 0 radical (unpaired) electrons. The Kier molecular flexibility index (Phi) is 7.63. The van der Waals surface area contributed by atoms with Gasteiger partial charge in [-0.25, -0.2) is 0 Å². The number of ether oxygens (including phenoxy) is 2. The van der Waals surface area contributed by atoms with Crippen LogP contribution in [0.2, 0.25) is 0 Å². The molecule has 0 aromatic heterocycles. The van der Waals surface area contributed by atoms with E-state index in [0.29, 0.717) is 17.9 Å². The van der Waals surface area contributed by atoms with Crippen LogP contribution in [-0.4, -0.2) is 73.2 Å². The number of benzene rings is 2. The molecular weight excluding hydrogens is 368 g/mol. The van der Waals surface area contributed by atoms with Crippen LogP contribution in [0.15, 0.2) is 48.5 Å². The van der Waals surface area contributed by atoms with Gasteiger partial charge in [0.15, 0.2) is 5.78 Å². The van der Waals surface area contributed by atoms with Crippen LogP contribution in [0, 0.1) is 0 Å². The zero-order chi connectivity index (χ0) is 20.6. The first-order chi connectivity index (χ1) is 14.0. The molecule has 0 bridgehead atoms. The fourth-order valence-electron chi connectivity index (χ4n) is 3.47. The number of methoxy groups -OCH3 is 1. The molecule has 0 amide bonds. The quantitative estimate of drug-likeness (QED) is 0.655. The van der Waals surface area contributed by atoms with Gasteiger partial charge in [-0.2, -0.15) is 0 Å². The fraction of sp³-hybridized carbons (Fsp3) is 0.435. The van der Waals surface area contributed by atoms with Crippen molar-refractivity contribution in [3.05, 3.63) is 59.7 Å². The summed E-state index contributed by atoms with van der Waals surface area (Å²) in [5, 5.41) is 10.3. The first-order valence-corrected chi connectivity index (χ1v) is 10.0. The molecule has 1 atom stereocenters. The van der Waals surface area contributed by atoms with Gasteiger partial charge in [-0.1, -0.05) is 24.3 Å². The Morgan fingerprint density at radius 1 is 1.03 bits per heavy atom. The Bertz CT molecular complexity index is 786. The van der Waals surface area contributed by atoms with Crippen molar-refractivity contribution in [2.24, 2.45) is 0 Å². The molecule has 29 heavy (non-hydrogen) atoms. The van der Waals surface area contributed by atoms with Crippen molar-refractivity contribution in [2.75, 3.05) is 46.4 Å². The standard InChI is InChI=1S/C23H30N2O4/c1-18(26)20-4-3-5-23(14-20)29-17-21(27)16-25-12-10-24(11-13-25)15-19-6-8-22(28-2)9-7-19/h3-9,14,21,27H,10-13,15-17H2,1-2H3. The predicted molar refractivity (Wildman–Crippen MR) is 113 cm³/mol. The van der Waals surface area contributed by atoms with E-state index in [4.69, 9.17) is 9.47 Å². The van der Waals surface area contributed by atoms with Gasteiger partial charge >= 0.3 is 0 Å². The SMILES string of the molecule is COc1ccc(CN2CCN(CC(O)COc3cccc(C(C)=O)c3)CC2)cc1. The van der Waals surface area contributed by atoms with Crippen molar-refractivity contribution in [3.8, 4) is 11.5 Å². The van der Waals surface area contributed by atoms with Gasteiger partial charge in [-0.15, -0.1) is 0 Å². The molecule has 2 aromatic carbocycles. The Morgan fingerprint density at radius 2 is 1.72 bits per heavy atom. The van der Waals surface area contributed by atoms with Crippen molar-refractivity contribution >= 4 is 5.78 Å². The molecule has 0 spiro atoms. The number of nitrogens with zero attached hydrogens (tertiary/aromatic N) is 2. The maximum absolute atomic E-state index is 11.4. The van der Waals surface area contributed by atoms with Gasteiger partial charge in [0.05, 0.1) is 7.11 Å². The molecule has 1 unspecified atom stereocenters. The zero-order valence-corrected chi connectivity index (χ0v) is 17.2. The number of rotatable bonds is 9. The van der Waals surface area contributed by atoms with Crippen LogP contribution in [-0.2, 0) is 6.54 Å². The van der Waals surface area contributed by atoms with Crippen molar-refractivity contribution in [3.63, 3.8) is 0 Å². The Balaban J connectivity index is 1.38. The number of aliphatic hydroxyl groups excluding tert-OH is 1. The van der Waals surface area contributed by atoms with Crippen molar-refractivity contribution in [1.82, 2.24) is 9.80 Å². The van der Waals surface area contributed by atoms with Crippen LogP contribution in [0.5, 0.6) is 11.5 Å². The normalized spacial score (nSPS) is 16.4. The highest BCUT2D eigenvalue weighted by atomic mass is 16.5. The number of Topliss-reactive ketones (excluding diaryl/α,β-unsaturated/α-hetero) is 1. The molecule has 156 valence electrons. The molecule has 1 N–H and O–H groups in total. The third-order valence-electron chi connectivity index (χ3n) is 5.18. The summed E-state index contributed by atoms with van der Waals surface area (Å²) in [5.41, 5.74) is 1.89. The molecule has 1 aliphatic heterocycles. The average Bonchev–Trinajstić information content (AvgIpc) is 2.74. The third kappa shape index (κ3) is 6.56. The van der Waals surface area contributed by atoms with E-state index >= 15 is 0 Å². The number of β-amino-alcohol motifs (C(OH)–C–C–N with tert-alkyl or cyclic N) is 1. The molecule has 1 fully saturated rings. The number of aliphatic hydroxyl groups is 1. The maximum Gasteiger partial charge on any atom is 0.159 e. The number of piperazine rings is 1. The zero-order valence-electron chi connectivity index (χ0n) is 17.2. The molecule has 1 saturated heterocycles. The lowest BCUT2D eigenvalue weighted by molar-refractivity contribution is 0.0446. The summed E-state index contributed by atoms with van der Waals surface area (Å²) in [6.45, 7) is 7.05. The van der Waals surface area contributed by atoms with Gasteiger partial charge in [-0.05, 0) is 36.8 Å². The molecular formula is C23H30N2O4. The number of hydrogen-bond acceptors (Lipinski definition) is 6. The van der Waals surface area contributed by atoms with E-state index in [9.17, 15) is 9.90 Å². The highest BCUT2D eigenvalue weighted by Gasteiger charge is 2.19.